The molecular weight excluding hydrogens is 416 g/mol. The van der Waals surface area contributed by atoms with Crippen LogP contribution < -0.4 is 9.62 Å². The molecule has 0 atom stereocenters. The normalized spacial score (nSPS) is 11.0. The molecule has 0 aliphatic carbocycles. The van der Waals surface area contributed by atoms with Crippen molar-refractivity contribution in [2.24, 2.45) is 0 Å². The summed E-state index contributed by atoms with van der Waals surface area (Å²) < 4.78 is 33.1. The molecular formula is C23H30N2O5S. The van der Waals surface area contributed by atoms with Crippen LogP contribution in [0.4, 0.5) is 5.69 Å². The average molecular weight is 447 g/mol. The summed E-state index contributed by atoms with van der Waals surface area (Å²) in [5, 5.41) is 2.66. The molecule has 2 rings (SSSR count). The Labute approximate surface area is 184 Å². The number of esters is 1. The van der Waals surface area contributed by atoms with E-state index in [-0.39, 0.29) is 16.4 Å². The van der Waals surface area contributed by atoms with Crippen molar-refractivity contribution in [1.82, 2.24) is 5.32 Å². The molecule has 0 saturated carbocycles. The Morgan fingerprint density at radius 1 is 0.968 bits per heavy atom. The fourth-order valence-corrected chi connectivity index (χ4v) is 4.41. The molecule has 0 aromatic heterocycles. The summed E-state index contributed by atoms with van der Waals surface area (Å²) in [5.74, 6) is -1.14. The highest BCUT2D eigenvalue weighted by Crippen LogP contribution is 2.25. The highest BCUT2D eigenvalue weighted by atomic mass is 32.2. The first-order valence-corrected chi connectivity index (χ1v) is 12.0. The Kier molecular flexibility index (Phi) is 9.52. The van der Waals surface area contributed by atoms with Crippen molar-refractivity contribution in [2.75, 3.05) is 24.0 Å². The number of benzene rings is 2. The summed E-state index contributed by atoms with van der Waals surface area (Å²) in [7, 11) is -3.88. The van der Waals surface area contributed by atoms with Gasteiger partial charge in [0.2, 0.25) is 0 Å². The van der Waals surface area contributed by atoms with Crippen molar-refractivity contribution in [1.29, 1.82) is 0 Å². The van der Waals surface area contributed by atoms with E-state index in [1.165, 1.54) is 28.6 Å². The van der Waals surface area contributed by atoms with Gasteiger partial charge in [-0.15, -0.1) is 0 Å². The second kappa shape index (κ2) is 12.1. The van der Waals surface area contributed by atoms with E-state index in [2.05, 4.69) is 5.32 Å². The van der Waals surface area contributed by atoms with Crippen LogP contribution in [-0.4, -0.2) is 40.0 Å². The molecule has 0 aliphatic rings. The van der Waals surface area contributed by atoms with Crippen molar-refractivity contribution >= 4 is 27.6 Å². The zero-order valence-corrected chi connectivity index (χ0v) is 18.9. The molecule has 8 heteroatoms. The van der Waals surface area contributed by atoms with E-state index in [1.54, 1.807) is 24.3 Å². The number of rotatable bonds is 12. The molecule has 0 fully saturated rings. The predicted molar refractivity (Wildman–Crippen MR) is 121 cm³/mol. The third-order valence-electron chi connectivity index (χ3n) is 4.60. The maximum Gasteiger partial charge on any atom is 0.338 e. The molecule has 0 bridgehead atoms. The minimum absolute atomic E-state index is 0.00527. The van der Waals surface area contributed by atoms with Crippen LogP contribution in [0.25, 0.3) is 0 Å². The second-order valence-electron chi connectivity index (χ2n) is 7.07. The third-order valence-corrected chi connectivity index (χ3v) is 6.43. The van der Waals surface area contributed by atoms with Gasteiger partial charge in [-0.05, 0) is 43.2 Å². The van der Waals surface area contributed by atoms with Gasteiger partial charge in [-0.1, -0.05) is 51.0 Å². The highest BCUT2D eigenvalue weighted by molar-refractivity contribution is 7.92. The van der Waals surface area contributed by atoms with Crippen LogP contribution in [0.2, 0.25) is 0 Å². The lowest BCUT2D eigenvalue weighted by molar-refractivity contribution is -0.124. The molecule has 31 heavy (non-hydrogen) atoms. The quantitative estimate of drug-likeness (QED) is 0.396. The monoisotopic (exact) mass is 446 g/mol. The fourth-order valence-electron chi connectivity index (χ4n) is 2.86. The van der Waals surface area contributed by atoms with E-state index < -0.39 is 22.6 Å². The van der Waals surface area contributed by atoms with E-state index in [0.29, 0.717) is 25.2 Å². The van der Waals surface area contributed by atoms with Gasteiger partial charge in [-0.25, -0.2) is 13.2 Å². The first kappa shape index (κ1) is 24.4. The van der Waals surface area contributed by atoms with Crippen LogP contribution in [0.15, 0.2) is 59.5 Å². The zero-order chi connectivity index (χ0) is 22.7. The molecule has 0 unspecified atom stereocenters. The van der Waals surface area contributed by atoms with Gasteiger partial charge < -0.3 is 10.1 Å². The molecule has 0 aliphatic heterocycles. The average Bonchev–Trinajstić information content (AvgIpc) is 2.78. The van der Waals surface area contributed by atoms with Crippen molar-refractivity contribution in [3.63, 3.8) is 0 Å². The Balaban J connectivity index is 2.17. The van der Waals surface area contributed by atoms with Gasteiger partial charge in [-0.2, -0.15) is 0 Å². The van der Waals surface area contributed by atoms with Gasteiger partial charge in [0.15, 0.2) is 6.61 Å². The third kappa shape index (κ3) is 7.10. The molecule has 0 heterocycles. The number of carbonyl (C=O) groups is 2. The summed E-state index contributed by atoms with van der Waals surface area (Å²) >= 11 is 0. The highest BCUT2D eigenvalue weighted by Gasteiger charge is 2.25. The van der Waals surface area contributed by atoms with Gasteiger partial charge in [0.05, 0.1) is 16.1 Å². The number of amides is 1. The summed E-state index contributed by atoms with van der Waals surface area (Å²) in [6, 6.07) is 14.6. The van der Waals surface area contributed by atoms with E-state index in [1.807, 2.05) is 19.9 Å². The number of hydrogen-bond acceptors (Lipinski definition) is 5. The minimum atomic E-state index is -3.88. The van der Waals surface area contributed by atoms with Crippen LogP contribution in [0.1, 0.15) is 49.9 Å². The van der Waals surface area contributed by atoms with Crippen molar-refractivity contribution in [2.45, 2.75) is 44.4 Å². The Morgan fingerprint density at radius 2 is 1.68 bits per heavy atom. The largest absolute Gasteiger partial charge is 0.452 e. The molecule has 0 spiro atoms. The SMILES string of the molecule is CCCCNC(=O)COC(=O)c1cccc(S(=O)(=O)N(CCCC)c2ccccc2)c1. The number of ether oxygens (including phenoxy) is 1. The number of carbonyl (C=O) groups excluding carboxylic acids is 2. The molecule has 1 amide bonds. The van der Waals surface area contributed by atoms with Crippen LogP contribution in [0.5, 0.6) is 0 Å². The Morgan fingerprint density at radius 3 is 2.35 bits per heavy atom. The van der Waals surface area contributed by atoms with Crippen molar-refractivity contribution in [3.05, 3.63) is 60.2 Å². The van der Waals surface area contributed by atoms with Gasteiger partial charge in [0.25, 0.3) is 15.9 Å². The smallest absolute Gasteiger partial charge is 0.338 e. The standard InChI is InChI=1S/C23H30N2O5S/c1-3-5-15-24-22(26)18-30-23(27)19-11-10-14-21(17-19)31(28,29)25(16-6-4-2)20-12-8-7-9-13-20/h7-14,17H,3-6,15-16,18H2,1-2H3,(H,24,26). The molecule has 0 saturated heterocycles. The van der Waals surface area contributed by atoms with Gasteiger partial charge in [0.1, 0.15) is 0 Å². The first-order chi connectivity index (χ1) is 14.9. The lowest BCUT2D eigenvalue weighted by atomic mass is 10.2. The molecule has 0 radical (unpaired) electrons. The number of anilines is 1. The maximum atomic E-state index is 13.3. The van der Waals surface area contributed by atoms with E-state index in [4.69, 9.17) is 4.74 Å². The van der Waals surface area contributed by atoms with Crippen LogP contribution in [0, 0.1) is 0 Å². The summed E-state index contributed by atoms with van der Waals surface area (Å²) in [5.41, 5.74) is 0.638. The first-order valence-electron chi connectivity index (χ1n) is 10.5. The van der Waals surface area contributed by atoms with Gasteiger partial charge in [-0.3, -0.25) is 9.10 Å². The number of hydrogen-bond donors (Lipinski definition) is 1. The number of unbranched alkanes of at least 4 members (excludes halogenated alkanes) is 2. The van der Waals surface area contributed by atoms with Crippen LogP contribution in [0.3, 0.4) is 0 Å². The summed E-state index contributed by atoms with van der Waals surface area (Å²) in [6.07, 6.45) is 3.32. The zero-order valence-electron chi connectivity index (χ0n) is 18.0. The van der Waals surface area contributed by atoms with Crippen LogP contribution in [-0.2, 0) is 19.6 Å². The maximum absolute atomic E-state index is 13.3. The number of nitrogens with zero attached hydrogens (tertiary/aromatic N) is 1. The fraction of sp³-hybridized carbons (Fsp3) is 0.391. The Bertz CT molecular complexity index is 961. The number of para-hydroxylation sites is 1. The molecule has 168 valence electrons. The summed E-state index contributed by atoms with van der Waals surface area (Å²) in [6.45, 7) is 4.44. The predicted octanol–water partition coefficient (Wildman–Crippen LogP) is 3.76. The van der Waals surface area contributed by atoms with E-state index in [9.17, 15) is 18.0 Å². The van der Waals surface area contributed by atoms with Crippen molar-refractivity contribution < 1.29 is 22.7 Å². The lowest BCUT2D eigenvalue weighted by Crippen LogP contribution is -2.32. The second-order valence-corrected chi connectivity index (χ2v) is 8.94. The van der Waals surface area contributed by atoms with Crippen LogP contribution >= 0.6 is 0 Å². The topological polar surface area (TPSA) is 92.8 Å². The van der Waals surface area contributed by atoms with Gasteiger partial charge >= 0.3 is 5.97 Å². The summed E-state index contributed by atoms with van der Waals surface area (Å²) in [4.78, 5) is 24.1. The number of sulfonamides is 1. The molecule has 2 aromatic carbocycles. The van der Waals surface area contributed by atoms with Crippen molar-refractivity contribution in [3.8, 4) is 0 Å². The number of nitrogens with one attached hydrogen (secondary N) is 1. The molecule has 2 aromatic rings. The Hall–Kier alpha value is -2.87. The molecule has 7 nitrogen and oxygen atoms in total. The lowest BCUT2D eigenvalue weighted by Gasteiger charge is -2.24. The van der Waals surface area contributed by atoms with Gasteiger partial charge in [0, 0.05) is 13.1 Å². The molecule has 1 N–H and O–H groups in total. The van der Waals surface area contributed by atoms with E-state index >= 15 is 0 Å². The minimum Gasteiger partial charge on any atom is -0.452 e. The van der Waals surface area contributed by atoms with E-state index in [0.717, 1.165) is 19.3 Å².